The molecule has 6 heteroatoms. The fraction of sp³-hybridized carbons (Fsp3) is 0.250. The number of hydrogen-bond acceptors (Lipinski definition) is 4. The smallest absolute Gasteiger partial charge is 0.339 e. The Labute approximate surface area is 133 Å². The lowest BCUT2D eigenvalue weighted by Crippen LogP contribution is -2.19. The minimum atomic E-state index is -1.01. The molecule has 1 atom stereocenters. The summed E-state index contributed by atoms with van der Waals surface area (Å²) in [5.74, 6) is -0.659. The van der Waals surface area contributed by atoms with Crippen LogP contribution in [0.4, 0.5) is 0 Å². The lowest BCUT2D eigenvalue weighted by Gasteiger charge is -2.15. The van der Waals surface area contributed by atoms with Gasteiger partial charge in [-0.1, -0.05) is 17.7 Å². The number of nitrogens with one attached hydrogen (secondary N) is 1. The number of aromatic carboxylic acids is 1. The number of benzene rings is 1. The van der Waals surface area contributed by atoms with Gasteiger partial charge in [-0.25, -0.2) is 4.79 Å². The van der Waals surface area contributed by atoms with Crippen molar-refractivity contribution < 1.29 is 14.6 Å². The third kappa shape index (κ3) is 3.96. The molecule has 0 radical (unpaired) electrons. The second-order valence-electron chi connectivity index (χ2n) is 4.84. The fourth-order valence-corrected chi connectivity index (χ4v) is 2.16. The predicted octanol–water partition coefficient (Wildman–Crippen LogP) is 3.29. The van der Waals surface area contributed by atoms with Crippen LogP contribution in [0, 0.1) is 0 Å². The highest BCUT2D eigenvalue weighted by Gasteiger charge is 2.14. The molecule has 1 aromatic carbocycles. The van der Waals surface area contributed by atoms with Crippen LogP contribution in [0.2, 0.25) is 5.02 Å². The Balaban J connectivity index is 2.09. The van der Waals surface area contributed by atoms with Crippen LogP contribution in [0.15, 0.2) is 36.5 Å². The molecule has 0 aliphatic heterocycles. The largest absolute Gasteiger partial charge is 0.496 e. The third-order valence-electron chi connectivity index (χ3n) is 3.33. The third-order valence-corrected chi connectivity index (χ3v) is 3.56. The minimum Gasteiger partial charge on any atom is -0.496 e. The molecule has 0 saturated heterocycles. The van der Waals surface area contributed by atoms with Crippen molar-refractivity contribution in [3.05, 3.63) is 58.4 Å². The van der Waals surface area contributed by atoms with E-state index in [1.807, 2.05) is 19.1 Å². The zero-order valence-corrected chi connectivity index (χ0v) is 13.1. The number of methoxy groups -OCH3 is 1. The standard InChI is InChI=1S/C16H17ClN2O3/c1-10(18-9-13-5-4-12(17)8-19-13)11-3-6-15(22-2)14(7-11)16(20)21/h3-8,10,18H,9H2,1-2H3,(H,20,21)/t10-/m0/s1. The number of rotatable bonds is 6. The quantitative estimate of drug-likeness (QED) is 0.854. The summed E-state index contributed by atoms with van der Waals surface area (Å²) in [7, 11) is 1.45. The van der Waals surface area contributed by atoms with E-state index in [4.69, 9.17) is 16.3 Å². The Morgan fingerprint density at radius 1 is 1.41 bits per heavy atom. The maximum Gasteiger partial charge on any atom is 0.339 e. The summed E-state index contributed by atoms with van der Waals surface area (Å²) in [5, 5.41) is 13.1. The van der Waals surface area contributed by atoms with Crippen molar-refractivity contribution in [3.63, 3.8) is 0 Å². The van der Waals surface area contributed by atoms with E-state index in [0.717, 1.165) is 11.3 Å². The average Bonchev–Trinajstić information content (AvgIpc) is 2.53. The van der Waals surface area contributed by atoms with Crippen molar-refractivity contribution >= 4 is 17.6 Å². The fourth-order valence-electron chi connectivity index (χ4n) is 2.05. The second-order valence-corrected chi connectivity index (χ2v) is 5.27. The Hall–Kier alpha value is -2.11. The molecule has 1 aromatic heterocycles. The van der Waals surface area contributed by atoms with Crippen molar-refractivity contribution in [1.29, 1.82) is 0 Å². The Morgan fingerprint density at radius 2 is 2.18 bits per heavy atom. The predicted molar refractivity (Wildman–Crippen MR) is 84.5 cm³/mol. The average molecular weight is 321 g/mol. The molecular weight excluding hydrogens is 304 g/mol. The highest BCUT2D eigenvalue weighted by Crippen LogP contribution is 2.23. The number of aromatic nitrogens is 1. The maximum atomic E-state index is 11.2. The van der Waals surface area contributed by atoms with Crippen molar-refractivity contribution in [2.75, 3.05) is 7.11 Å². The van der Waals surface area contributed by atoms with Gasteiger partial charge in [-0.05, 0) is 36.8 Å². The van der Waals surface area contributed by atoms with Gasteiger partial charge in [0.1, 0.15) is 11.3 Å². The summed E-state index contributed by atoms with van der Waals surface area (Å²) in [5.41, 5.74) is 1.88. The molecule has 22 heavy (non-hydrogen) atoms. The van der Waals surface area contributed by atoms with Gasteiger partial charge < -0.3 is 15.2 Å². The summed E-state index contributed by atoms with van der Waals surface area (Å²) in [6.45, 7) is 2.52. The first-order chi connectivity index (χ1) is 10.5. The minimum absolute atomic E-state index is 0.0264. The van der Waals surface area contributed by atoms with Gasteiger partial charge in [0.25, 0.3) is 0 Å². The molecule has 0 unspecified atom stereocenters. The topological polar surface area (TPSA) is 71.5 Å². The molecule has 0 amide bonds. The van der Waals surface area contributed by atoms with Crippen LogP contribution in [0.5, 0.6) is 5.75 Å². The van der Waals surface area contributed by atoms with Crippen LogP contribution in [0.25, 0.3) is 0 Å². The highest BCUT2D eigenvalue weighted by atomic mass is 35.5. The van der Waals surface area contributed by atoms with Crippen LogP contribution in [0.3, 0.4) is 0 Å². The summed E-state index contributed by atoms with van der Waals surface area (Å²) >= 11 is 5.80. The van der Waals surface area contributed by atoms with Crippen molar-refractivity contribution in [2.45, 2.75) is 19.5 Å². The van der Waals surface area contributed by atoms with E-state index >= 15 is 0 Å². The Bertz CT molecular complexity index is 659. The maximum absolute atomic E-state index is 11.2. The van der Waals surface area contributed by atoms with E-state index in [2.05, 4.69) is 10.3 Å². The summed E-state index contributed by atoms with van der Waals surface area (Å²) in [4.78, 5) is 15.5. The molecule has 2 N–H and O–H groups in total. The molecule has 116 valence electrons. The molecular formula is C16H17ClN2O3. The first kappa shape index (κ1) is 16.3. The van der Waals surface area contributed by atoms with E-state index in [-0.39, 0.29) is 11.6 Å². The molecule has 5 nitrogen and oxygen atoms in total. The molecule has 0 aliphatic rings. The van der Waals surface area contributed by atoms with Crippen LogP contribution in [-0.4, -0.2) is 23.2 Å². The number of hydrogen-bond donors (Lipinski definition) is 2. The number of carbonyl (C=O) groups is 1. The zero-order valence-electron chi connectivity index (χ0n) is 12.3. The number of pyridine rings is 1. The normalized spacial score (nSPS) is 12.0. The van der Waals surface area contributed by atoms with Gasteiger partial charge in [0.15, 0.2) is 0 Å². The molecule has 2 rings (SSSR count). The van der Waals surface area contributed by atoms with E-state index in [1.54, 1.807) is 24.4 Å². The summed E-state index contributed by atoms with van der Waals surface area (Å²) in [6, 6.07) is 8.73. The lowest BCUT2D eigenvalue weighted by molar-refractivity contribution is 0.0693. The number of carboxylic acids is 1. The van der Waals surface area contributed by atoms with Crippen LogP contribution < -0.4 is 10.1 Å². The van der Waals surface area contributed by atoms with Crippen molar-refractivity contribution in [1.82, 2.24) is 10.3 Å². The van der Waals surface area contributed by atoms with Crippen molar-refractivity contribution in [3.8, 4) is 5.75 Å². The SMILES string of the molecule is COc1ccc([C@H](C)NCc2ccc(Cl)cn2)cc1C(=O)O. The summed E-state index contributed by atoms with van der Waals surface area (Å²) in [6.07, 6.45) is 1.60. The van der Waals surface area contributed by atoms with Gasteiger partial charge in [0.2, 0.25) is 0 Å². The van der Waals surface area contributed by atoms with Crippen LogP contribution in [0.1, 0.15) is 34.6 Å². The van der Waals surface area contributed by atoms with E-state index < -0.39 is 5.97 Å². The number of ether oxygens (including phenoxy) is 1. The van der Waals surface area contributed by atoms with E-state index in [0.29, 0.717) is 17.3 Å². The van der Waals surface area contributed by atoms with Gasteiger partial charge in [-0.15, -0.1) is 0 Å². The van der Waals surface area contributed by atoms with Gasteiger partial charge in [0.05, 0.1) is 17.8 Å². The number of carboxylic acid groups (broad SMARTS) is 1. The Morgan fingerprint density at radius 3 is 2.77 bits per heavy atom. The lowest BCUT2D eigenvalue weighted by atomic mass is 10.0. The van der Waals surface area contributed by atoms with Gasteiger partial charge in [-0.2, -0.15) is 0 Å². The number of nitrogens with zero attached hydrogens (tertiary/aromatic N) is 1. The van der Waals surface area contributed by atoms with Gasteiger partial charge >= 0.3 is 5.97 Å². The molecule has 0 bridgehead atoms. The number of halogens is 1. The zero-order chi connectivity index (χ0) is 16.1. The highest BCUT2D eigenvalue weighted by molar-refractivity contribution is 6.30. The summed E-state index contributed by atoms with van der Waals surface area (Å²) < 4.78 is 5.06. The molecule has 0 saturated carbocycles. The van der Waals surface area contributed by atoms with Gasteiger partial charge in [-0.3, -0.25) is 4.98 Å². The van der Waals surface area contributed by atoms with Crippen molar-refractivity contribution in [2.24, 2.45) is 0 Å². The molecule has 0 spiro atoms. The molecule has 2 aromatic rings. The van der Waals surface area contributed by atoms with E-state index in [9.17, 15) is 9.90 Å². The first-order valence-corrected chi connectivity index (χ1v) is 7.14. The Kier molecular flexibility index (Phi) is 5.35. The monoisotopic (exact) mass is 320 g/mol. The first-order valence-electron chi connectivity index (χ1n) is 6.76. The second kappa shape index (κ2) is 7.24. The van der Waals surface area contributed by atoms with Crippen LogP contribution >= 0.6 is 11.6 Å². The van der Waals surface area contributed by atoms with E-state index in [1.165, 1.54) is 7.11 Å². The van der Waals surface area contributed by atoms with Crippen LogP contribution in [-0.2, 0) is 6.54 Å². The molecule has 0 fully saturated rings. The molecule has 1 heterocycles. The molecule has 0 aliphatic carbocycles. The van der Waals surface area contributed by atoms with Gasteiger partial charge in [0, 0.05) is 18.8 Å².